The van der Waals surface area contributed by atoms with Crippen molar-refractivity contribution < 1.29 is 9.72 Å². The molecule has 124 valence electrons. The average molecular weight is 347 g/mol. The van der Waals surface area contributed by atoms with E-state index in [0.717, 1.165) is 0 Å². The molecule has 3 rings (SSSR count). The van der Waals surface area contributed by atoms with E-state index in [1.165, 1.54) is 6.07 Å². The number of pyridine rings is 1. The fourth-order valence-corrected chi connectivity index (χ4v) is 2.90. The topological polar surface area (TPSA) is 79.6 Å². The lowest BCUT2D eigenvalue weighted by atomic mass is 10.2. The van der Waals surface area contributed by atoms with Crippen molar-refractivity contribution in [2.24, 2.45) is 0 Å². The summed E-state index contributed by atoms with van der Waals surface area (Å²) >= 11 is 5.85. The smallest absolute Gasteiger partial charge is 0.294 e. The second kappa shape index (κ2) is 6.84. The van der Waals surface area contributed by atoms with E-state index >= 15 is 0 Å². The highest BCUT2D eigenvalue weighted by Gasteiger charge is 2.26. The van der Waals surface area contributed by atoms with E-state index in [4.69, 9.17) is 11.6 Å². The standard InChI is InChI=1S/C16H15ClN4O3/c17-13-3-4-14(15(10-13)21(23)24)19-6-8-20(9-7-19)16(22)12-2-1-5-18-11-12/h1-5,10-11H,6-9H2. The van der Waals surface area contributed by atoms with Crippen LogP contribution in [0.25, 0.3) is 0 Å². The molecule has 2 aromatic rings. The number of aromatic nitrogens is 1. The zero-order chi connectivity index (χ0) is 17.1. The van der Waals surface area contributed by atoms with E-state index in [2.05, 4.69) is 4.98 Å². The summed E-state index contributed by atoms with van der Waals surface area (Å²) in [7, 11) is 0. The summed E-state index contributed by atoms with van der Waals surface area (Å²) in [5, 5.41) is 11.6. The number of nitrogens with zero attached hydrogens (tertiary/aromatic N) is 4. The van der Waals surface area contributed by atoms with Gasteiger partial charge in [0.05, 0.1) is 10.5 Å². The Bertz CT molecular complexity index is 761. The van der Waals surface area contributed by atoms with E-state index in [1.807, 2.05) is 4.90 Å². The van der Waals surface area contributed by atoms with Gasteiger partial charge in [-0.25, -0.2) is 0 Å². The summed E-state index contributed by atoms with van der Waals surface area (Å²) < 4.78 is 0. The van der Waals surface area contributed by atoms with Gasteiger partial charge in [-0.2, -0.15) is 0 Å². The Kier molecular flexibility index (Phi) is 4.61. The highest BCUT2D eigenvalue weighted by atomic mass is 35.5. The molecule has 1 aromatic heterocycles. The van der Waals surface area contributed by atoms with Crippen LogP contribution in [0.2, 0.25) is 5.02 Å². The lowest BCUT2D eigenvalue weighted by Crippen LogP contribution is -2.49. The van der Waals surface area contributed by atoms with Crippen LogP contribution in [0.15, 0.2) is 42.7 Å². The molecule has 1 aromatic carbocycles. The molecule has 0 saturated carbocycles. The van der Waals surface area contributed by atoms with Crippen molar-refractivity contribution in [3.05, 3.63) is 63.4 Å². The number of piperazine rings is 1. The number of benzene rings is 1. The molecule has 24 heavy (non-hydrogen) atoms. The lowest BCUT2D eigenvalue weighted by molar-refractivity contribution is -0.384. The predicted molar refractivity (Wildman–Crippen MR) is 90.5 cm³/mol. The number of hydrogen-bond acceptors (Lipinski definition) is 5. The van der Waals surface area contributed by atoms with Crippen LogP contribution in [0.1, 0.15) is 10.4 Å². The third-order valence-electron chi connectivity index (χ3n) is 3.95. The Labute approximate surface area is 143 Å². The first-order valence-electron chi connectivity index (χ1n) is 7.44. The number of carbonyl (C=O) groups is 1. The zero-order valence-corrected chi connectivity index (χ0v) is 13.5. The van der Waals surface area contributed by atoms with Gasteiger partial charge in [0.1, 0.15) is 5.69 Å². The molecule has 0 aliphatic carbocycles. The third kappa shape index (κ3) is 3.30. The second-order valence-corrected chi connectivity index (χ2v) is 5.85. The zero-order valence-electron chi connectivity index (χ0n) is 12.8. The Morgan fingerprint density at radius 2 is 1.96 bits per heavy atom. The molecule has 1 aliphatic heterocycles. The van der Waals surface area contributed by atoms with Crippen molar-refractivity contribution in [2.75, 3.05) is 31.1 Å². The Morgan fingerprint density at radius 1 is 1.21 bits per heavy atom. The van der Waals surface area contributed by atoms with Gasteiger partial charge in [0.2, 0.25) is 0 Å². The summed E-state index contributed by atoms with van der Waals surface area (Å²) in [4.78, 5) is 30.8. The van der Waals surface area contributed by atoms with Gasteiger partial charge in [-0.15, -0.1) is 0 Å². The first-order chi connectivity index (χ1) is 11.6. The quantitative estimate of drug-likeness (QED) is 0.630. The maximum Gasteiger partial charge on any atom is 0.294 e. The number of anilines is 1. The molecule has 8 heteroatoms. The van der Waals surface area contributed by atoms with Crippen LogP contribution in [0.3, 0.4) is 0 Å². The van der Waals surface area contributed by atoms with Crippen LogP contribution < -0.4 is 4.90 Å². The highest BCUT2D eigenvalue weighted by Crippen LogP contribution is 2.31. The summed E-state index contributed by atoms with van der Waals surface area (Å²) in [6.45, 7) is 2.03. The fourth-order valence-electron chi connectivity index (χ4n) is 2.73. The number of nitro benzene ring substituents is 1. The van der Waals surface area contributed by atoms with Gasteiger partial charge in [0, 0.05) is 49.7 Å². The Hall–Kier alpha value is -2.67. The van der Waals surface area contributed by atoms with E-state index in [-0.39, 0.29) is 11.6 Å². The molecule has 0 bridgehead atoms. The minimum absolute atomic E-state index is 0.0189. The van der Waals surface area contributed by atoms with Crippen LogP contribution in [-0.4, -0.2) is 46.9 Å². The van der Waals surface area contributed by atoms with Crippen molar-refractivity contribution in [1.82, 2.24) is 9.88 Å². The number of halogens is 1. The normalized spacial score (nSPS) is 14.5. The van der Waals surface area contributed by atoms with Gasteiger partial charge < -0.3 is 9.80 Å². The SMILES string of the molecule is O=C(c1cccnc1)N1CCN(c2ccc(Cl)cc2[N+](=O)[O-])CC1. The minimum atomic E-state index is -0.436. The predicted octanol–water partition coefficient (Wildman–Crippen LogP) is 2.61. The third-order valence-corrected chi connectivity index (χ3v) is 4.19. The molecule has 2 heterocycles. The molecule has 0 atom stereocenters. The second-order valence-electron chi connectivity index (χ2n) is 5.41. The summed E-state index contributed by atoms with van der Waals surface area (Å²) in [5.41, 5.74) is 1.05. The number of nitro groups is 1. The van der Waals surface area contributed by atoms with Gasteiger partial charge in [0.15, 0.2) is 0 Å². The molecule has 1 amide bonds. The van der Waals surface area contributed by atoms with Crippen LogP contribution in [0.5, 0.6) is 0 Å². The van der Waals surface area contributed by atoms with E-state index in [1.54, 1.807) is 41.6 Å². The molecule has 1 saturated heterocycles. The first kappa shape index (κ1) is 16.2. The van der Waals surface area contributed by atoms with Crippen molar-refractivity contribution >= 4 is 28.9 Å². The van der Waals surface area contributed by atoms with Crippen molar-refractivity contribution in [1.29, 1.82) is 0 Å². The summed E-state index contributed by atoms with van der Waals surface area (Å²) in [5.74, 6) is -0.0756. The van der Waals surface area contributed by atoms with E-state index in [0.29, 0.717) is 42.5 Å². The Morgan fingerprint density at radius 3 is 2.58 bits per heavy atom. The molecule has 0 radical (unpaired) electrons. The highest BCUT2D eigenvalue weighted by molar-refractivity contribution is 6.30. The van der Waals surface area contributed by atoms with Gasteiger partial charge in [-0.05, 0) is 24.3 Å². The van der Waals surface area contributed by atoms with Crippen molar-refractivity contribution in [2.45, 2.75) is 0 Å². The van der Waals surface area contributed by atoms with Gasteiger partial charge in [0.25, 0.3) is 11.6 Å². The summed E-state index contributed by atoms with van der Waals surface area (Å²) in [6, 6.07) is 8.09. The molecule has 1 fully saturated rings. The maximum absolute atomic E-state index is 12.4. The number of amides is 1. The van der Waals surface area contributed by atoms with Gasteiger partial charge in [-0.1, -0.05) is 11.6 Å². The molecule has 0 unspecified atom stereocenters. The van der Waals surface area contributed by atoms with Gasteiger partial charge >= 0.3 is 0 Å². The molecular weight excluding hydrogens is 332 g/mol. The number of hydrogen-bond donors (Lipinski definition) is 0. The van der Waals surface area contributed by atoms with Crippen LogP contribution in [0.4, 0.5) is 11.4 Å². The van der Waals surface area contributed by atoms with E-state index < -0.39 is 4.92 Å². The number of rotatable bonds is 3. The van der Waals surface area contributed by atoms with Crippen LogP contribution in [-0.2, 0) is 0 Å². The monoisotopic (exact) mass is 346 g/mol. The average Bonchev–Trinajstić information content (AvgIpc) is 2.62. The van der Waals surface area contributed by atoms with Crippen LogP contribution >= 0.6 is 11.6 Å². The largest absolute Gasteiger partial charge is 0.362 e. The molecule has 0 N–H and O–H groups in total. The molecular formula is C16H15ClN4O3. The fraction of sp³-hybridized carbons (Fsp3) is 0.250. The summed E-state index contributed by atoms with van der Waals surface area (Å²) in [6.07, 6.45) is 3.16. The Balaban J connectivity index is 1.72. The van der Waals surface area contributed by atoms with Crippen molar-refractivity contribution in [3.63, 3.8) is 0 Å². The minimum Gasteiger partial charge on any atom is -0.362 e. The molecule has 0 spiro atoms. The van der Waals surface area contributed by atoms with Crippen molar-refractivity contribution in [3.8, 4) is 0 Å². The van der Waals surface area contributed by atoms with Gasteiger partial charge in [-0.3, -0.25) is 19.9 Å². The molecule has 1 aliphatic rings. The van der Waals surface area contributed by atoms with Crippen LogP contribution in [0, 0.1) is 10.1 Å². The van der Waals surface area contributed by atoms with E-state index in [9.17, 15) is 14.9 Å². The molecule has 7 nitrogen and oxygen atoms in total. The number of carbonyl (C=O) groups excluding carboxylic acids is 1. The lowest BCUT2D eigenvalue weighted by Gasteiger charge is -2.35. The maximum atomic E-state index is 12.4. The first-order valence-corrected chi connectivity index (χ1v) is 7.82.